The highest BCUT2D eigenvalue weighted by Gasteiger charge is 2.11. The number of benzene rings is 3. The van der Waals surface area contributed by atoms with Crippen LogP contribution in [-0.4, -0.2) is 5.78 Å². The van der Waals surface area contributed by atoms with E-state index >= 15 is 0 Å². The monoisotopic (exact) mass is 395 g/mol. The average Bonchev–Trinajstić information content (AvgIpc) is 3.21. The number of ketones is 1. The van der Waals surface area contributed by atoms with E-state index in [-0.39, 0.29) is 5.78 Å². The van der Waals surface area contributed by atoms with E-state index in [1.807, 2.05) is 73.7 Å². The quantitative estimate of drug-likeness (QED) is 0.250. The van der Waals surface area contributed by atoms with E-state index in [9.17, 15) is 4.79 Å². The first-order valence-corrected chi connectivity index (χ1v) is 10.3. The molecule has 0 spiro atoms. The minimum atomic E-state index is 0.0439. The van der Waals surface area contributed by atoms with E-state index in [4.69, 9.17) is 0 Å². The molecule has 142 valence electrons. The standard InChI is InChI=1S/C26H21NOS/c1-20-12-19-26(29-20)25(28)18-15-21-13-16-24(17-14-21)27(22-8-4-2-5-9-22)23-10-6-3-7-11-23/h2-19H,1H3. The number of carbonyl (C=O) groups is 1. The van der Waals surface area contributed by atoms with Crippen molar-refractivity contribution in [3.63, 3.8) is 0 Å². The molecular formula is C26H21NOS. The maximum atomic E-state index is 12.3. The summed E-state index contributed by atoms with van der Waals surface area (Å²) in [5, 5.41) is 0. The third-order valence-electron chi connectivity index (χ3n) is 4.59. The first-order chi connectivity index (χ1) is 14.2. The molecule has 0 saturated carbocycles. The Morgan fingerprint density at radius 3 is 1.79 bits per heavy atom. The minimum absolute atomic E-state index is 0.0439. The lowest BCUT2D eigenvalue weighted by molar-refractivity contribution is 0.105. The highest BCUT2D eigenvalue weighted by Crippen LogP contribution is 2.34. The molecule has 0 fully saturated rings. The Kier molecular flexibility index (Phi) is 5.68. The van der Waals surface area contributed by atoms with Crippen LogP contribution in [0.25, 0.3) is 6.08 Å². The highest BCUT2D eigenvalue weighted by atomic mass is 32.1. The Labute approximate surface area is 175 Å². The summed E-state index contributed by atoms with van der Waals surface area (Å²) < 4.78 is 0. The molecule has 0 aliphatic heterocycles. The van der Waals surface area contributed by atoms with Crippen LogP contribution in [-0.2, 0) is 0 Å². The van der Waals surface area contributed by atoms with Crippen LogP contribution in [0.15, 0.2) is 103 Å². The maximum Gasteiger partial charge on any atom is 0.195 e. The lowest BCUT2D eigenvalue weighted by Crippen LogP contribution is -2.09. The molecule has 0 radical (unpaired) electrons. The van der Waals surface area contributed by atoms with Crippen molar-refractivity contribution in [3.05, 3.63) is 118 Å². The Morgan fingerprint density at radius 1 is 0.724 bits per heavy atom. The van der Waals surface area contributed by atoms with Crippen molar-refractivity contribution < 1.29 is 4.79 Å². The van der Waals surface area contributed by atoms with E-state index < -0.39 is 0 Å². The van der Waals surface area contributed by atoms with Crippen LogP contribution in [0.5, 0.6) is 0 Å². The van der Waals surface area contributed by atoms with Gasteiger partial charge in [0.25, 0.3) is 0 Å². The predicted octanol–water partition coefficient (Wildman–Crippen LogP) is 7.42. The van der Waals surface area contributed by atoms with Crippen LogP contribution in [0.1, 0.15) is 20.1 Å². The summed E-state index contributed by atoms with van der Waals surface area (Å²) in [5.41, 5.74) is 4.27. The third kappa shape index (κ3) is 4.53. The molecule has 0 bridgehead atoms. The fraction of sp³-hybridized carbons (Fsp3) is 0.0385. The van der Waals surface area contributed by atoms with Crippen LogP contribution < -0.4 is 4.90 Å². The number of rotatable bonds is 6. The molecular weight excluding hydrogens is 374 g/mol. The van der Waals surface area contributed by atoms with Gasteiger partial charge in [0, 0.05) is 21.9 Å². The second-order valence-corrected chi connectivity index (χ2v) is 7.99. The molecule has 29 heavy (non-hydrogen) atoms. The molecule has 3 heteroatoms. The van der Waals surface area contributed by atoms with Crippen LogP contribution in [0, 0.1) is 6.92 Å². The minimum Gasteiger partial charge on any atom is -0.311 e. The topological polar surface area (TPSA) is 20.3 Å². The van der Waals surface area contributed by atoms with E-state index in [0.29, 0.717) is 0 Å². The van der Waals surface area contributed by atoms with E-state index in [1.54, 1.807) is 6.08 Å². The van der Waals surface area contributed by atoms with Gasteiger partial charge in [-0.1, -0.05) is 54.6 Å². The second kappa shape index (κ2) is 8.72. The number of allylic oxidation sites excluding steroid dienone is 1. The van der Waals surface area contributed by atoms with E-state index in [0.717, 1.165) is 32.4 Å². The van der Waals surface area contributed by atoms with Crippen molar-refractivity contribution in [1.82, 2.24) is 0 Å². The van der Waals surface area contributed by atoms with Crippen molar-refractivity contribution in [3.8, 4) is 0 Å². The van der Waals surface area contributed by atoms with Crippen molar-refractivity contribution in [2.24, 2.45) is 0 Å². The normalized spacial score (nSPS) is 10.9. The second-order valence-electron chi connectivity index (χ2n) is 6.71. The fourth-order valence-corrected chi connectivity index (χ4v) is 3.94. The van der Waals surface area contributed by atoms with Crippen LogP contribution in [0.3, 0.4) is 0 Å². The molecule has 0 unspecified atom stereocenters. The van der Waals surface area contributed by atoms with Gasteiger partial charge in [0.05, 0.1) is 4.88 Å². The zero-order chi connectivity index (χ0) is 20.1. The molecule has 0 aliphatic rings. The zero-order valence-corrected chi connectivity index (χ0v) is 17.0. The zero-order valence-electron chi connectivity index (χ0n) is 16.2. The summed E-state index contributed by atoms with van der Waals surface area (Å²) in [5.74, 6) is 0.0439. The molecule has 0 amide bonds. The number of thiophene rings is 1. The van der Waals surface area contributed by atoms with Crippen molar-refractivity contribution in [1.29, 1.82) is 0 Å². The number of carbonyl (C=O) groups excluding carboxylic acids is 1. The Hall–Kier alpha value is -3.43. The summed E-state index contributed by atoms with van der Waals surface area (Å²) in [4.78, 5) is 16.4. The lowest BCUT2D eigenvalue weighted by atomic mass is 10.1. The summed E-state index contributed by atoms with van der Waals surface area (Å²) in [6.07, 6.45) is 3.52. The first-order valence-electron chi connectivity index (χ1n) is 9.50. The van der Waals surface area contributed by atoms with Gasteiger partial charge in [-0.3, -0.25) is 4.79 Å². The molecule has 3 aromatic carbocycles. The summed E-state index contributed by atoms with van der Waals surface area (Å²) in [6, 6.07) is 32.7. The Balaban J connectivity index is 1.59. The van der Waals surface area contributed by atoms with Crippen LogP contribution >= 0.6 is 11.3 Å². The molecule has 0 atom stereocenters. The summed E-state index contributed by atoms with van der Waals surface area (Å²) in [7, 11) is 0. The largest absolute Gasteiger partial charge is 0.311 e. The predicted molar refractivity (Wildman–Crippen MR) is 124 cm³/mol. The summed E-state index contributed by atoms with van der Waals surface area (Å²) >= 11 is 1.53. The van der Waals surface area contributed by atoms with Gasteiger partial charge < -0.3 is 4.90 Å². The lowest BCUT2D eigenvalue weighted by Gasteiger charge is -2.25. The van der Waals surface area contributed by atoms with Gasteiger partial charge in [0.15, 0.2) is 5.78 Å². The SMILES string of the molecule is Cc1ccc(C(=O)C=Cc2ccc(N(c3ccccc3)c3ccccc3)cc2)s1. The van der Waals surface area contributed by atoms with Crippen molar-refractivity contribution >= 4 is 40.3 Å². The van der Waals surface area contributed by atoms with Crippen molar-refractivity contribution in [2.45, 2.75) is 6.92 Å². The van der Waals surface area contributed by atoms with Crippen molar-refractivity contribution in [2.75, 3.05) is 4.90 Å². The number of hydrogen-bond acceptors (Lipinski definition) is 3. The molecule has 4 rings (SSSR count). The molecule has 1 aromatic heterocycles. The molecule has 1 heterocycles. The maximum absolute atomic E-state index is 12.3. The third-order valence-corrected chi connectivity index (χ3v) is 5.61. The number of para-hydroxylation sites is 2. The number of hydrogen-bond donors (Lipinski definition) is 0. The highest BCUT2D eigenvalue weighted by molar-refractivity contribution is 7.14. The van der Waals surface area contributed by atoms with Crippen LogP contribution in [0.2, 0.25) is 0 Å². The van der Waals surface area contributed by atoms with Gasteiger partial charge >= 0.3 is 0 Å². The average molecular weight is 396 g/mol. The molecule has 0 saturated heterocycles. The van der Waals surface area contributed by atoms with Gasteiger partial charge in [-0.05, 0) is 67.1 Å². The molecule has 2 nitrogen and oxygen atoms in total. The molecule has 0 N–H and O–H groups in total. The number of aryl methyl sites for hydroxylation is 1. The van der Waals surface area contributed by atoms with Gasteiger partial charge in [-0.2, -0.15) is 0 Å². The van der Waals surface area contributed by atoms with Gasteiger partial charge in [-0.15, -0.1) is 11.3 Å². The number of nitrogens with zero attached hydrogens (tertiary/aromatic N) is 1. The Morgan fingerprint density at radius 2 is 1.28 bits per heavy atom. The smallest absolute Gasteiger partial charge is 0.195 e. The molecule has 4 aromatic rings. The van der Waals surface area contributed by atoms with Gasteiger partial charge in [-0.25, -0.2) is 0 Å². The Bertz CT molecular complexity index is 1070. The van der Waals surface area contributed by atoms with E-state index in [2.05, 4.69) is 41.3 Å². The molecule has 0 aliphatic carbocycles. The first kappa shape index (κ1) is 18.9. The summed E-state index contributed by atoms with van der Waals surface area (Å²) in [6.45, 7) is 2.01. The van der Waals surface area contributed by atoms with Crippen LogP contribution in [0.4, 0.5) is 17.1 Å². The van der Waals surface area contributed by atoms with Gasteiger partial charge in [0.1, 0.15) is 0 Å². The van der Waals surface area contributed by atoms with Gasteiger partial charge in [0.2, 0.25) is 0 Å². The number of anilines is 3. The fourth-order valence-electron chi connectivity index (χ4n) is 3.16. The van der Waals surface area contributed by atoms with E-state index in [1.165, 1.54) is 11.3 Å².